The van der Waals surface area contributed by atoms with E-state index in [1.165, 1.54) is 14.0 Å². The monoisotopic (exact) mass is 161 g/mol. The number of ether oxygens (including phenoxy) is 1. The minimum atomic E-state index is -0.688. The molecule has 6 nitrogen and oxygen atoms in total. The molecule has 0 aliphatic carbocycles. The van der Waals surface area contributed by atoms with E-state index in [-0.39, 0.29) is 0 Å². The molecule has 0 heterocycles. The van der Waals surface area contributed by atoms with E-state index in [2.05, 4.69) is 10.1 Å². The molecule has 0 saturated heterocycles. The maximum Gasteiger partial charge on any atom is 0.407 e. The maximum absolute atomic E-state index is 10.7. The van der Waals surface area contributed by atoms with Crippen molar-refractivity contribution in [1.82, 2.24) is 10.7 Å². The van der Waals surface area contributed by atoms with Crippen molar-refractivity contribution < 1.29 is 14.3 Å². The van der Waals surface area contributed by atoms with Crippen molar-refractivity contribution in [3.63, 3.8) is 0 Å². The zero-order valence-electron chi connectivity index (χ0n) is 6.38. The summed E-state index contributed by atoms with van der Waals surface area (Å²) in [7, 11) is 1.21. The Labute approximate surface area is 64.0 Å². The predicted octanol–water partition coefficient (Wildman–Crippen LogP) is -1.28. The highest BCUT2D eigenvalue weighted by Gasteiger charge is 2.13. The van der Waals surface area contributed by atoms with Gasteiger partial charge in [0.05, 0.1) is 7.11 Å². The molecule has 0 aromatic heterocycles. The Kier molecular flexibility index (Phi) is 3.97. The number of rotatable bonds is 2. The third-order valence-electron chi connectivity index (χ3n) is 1.06. The second kappa shape index (κ2) is 4.51. The van der Waals surface area contributed by atoms with Crippen LogP contribution in [0.1, 0.15) is 6.92 Å². The van der Waals surface area contributed by atoms with Crippen molar-refractivity contribution in [3.8, 4) is 0 Å². The van der Waals surface area contributed by atoms with Gasteiger partial charge in [-0.3, -0.25) is 10.2 Å². The van der Waals surface area contributed by atoms with E-state index in [1.54, 1.807) is 0 Å². The van der Waals surface area contributed by atoms with E-state index in [4.69, 9.17) is 5.84 Å². The topological polar surface area (TPSA) is 93.4 Å². The standard InChI is InChI=1S/C5H11N3O3/c1-3(4(9)8-6)7-5(10)11-2/h3H,6H2,1-2H3,(H,7,10)(H,8,9)/t3-/m0/s1. The lowest BCUT2D eigenvalue weighted by Crippen LogP contribution is -2.47. The number of methoxy groups -OCH3 is 1. The molecule has 0 aromatic rings. The zero-order chi connectivity index (χ0) is 8.85. The van der Waals surface area contributed by atoms with Crippen molar-refractivity contribution in [1.29, 1.82) is 0 Å². The predicted molar refractivity (Wildman–Crippen MR) is 37.3 cm³/mol. The number of hydrogen-bond donors (Lipinski definition) is 3. The Morgan fingerprint density at radius 2 is 2.09 bits per heavy atom. The van der Waals surface area contributed by atoms with Gasteiger partial charge < -0.3 is 10.1 Å². The van der Waals surface area contributed by atoms with Gasteiger partial charge in [0.2, 0.25) is 0 Å². The molecule has 0 fully saturated rings. The van der Waals surface area contributed by atoms with E-state index in [1.807, 2.05) is 5.43 Å². The summed E-state index contributed by atoms with van der Waals surface area (Å²) in [5, 5.41) is 2.23. The third-order valence-corrected chi connectivity index (χ3v) is 1.06. The van der Waals surface area contributed by atoms with E-state index in [0.29, 0.717) is 0 Å². The van der Waals surface area contributed by atoms with Gasteiger partial charge in [0.1, 0.15) is 6.04 Å². The number of carbonyl (C=O) groups excluding carboxylic acids is 2. The number of amides is 2. The van der Waals surface area contributed by atoms with Gasteiger partial charge in [0.25, 0.3) is 5.91 Å². The van der Waals surface area contributed by atoms with E-state index in [0.717, 1.165) is 0 Å². The van der Waals surface area contributed by atoms with Gasteiger partial charge in [-0.1, -0.05) is 0 Å². The molecule has 6 heteroatoms. The molecule has 4 N–H and O–H groups in total. The molecule has 11 heavy (non-hydrogen) atoms. The Morgan fingerprint density at radius 3 is 2.45 bits per heavy atom. The van der Waals surface area contributed by atoms with Gasteiger partial charge in [-0.05, 0) is 6.92 Å². The molecule has 0 aliphatic heterocycles. The maximum atomic E-state index is 10.7. The quantitative estimate of drug-likeness (QED) is 0.267. The number of alkyl carbamates (subject to hydrolysis) is 1. The highest BCUT2D eigenvalue weighted by atomic mass is 16.5. The summed E-state index contributed by atoms with van der Waals surface area (Å²) in [6.45, 7) is 1.49. The van der Waals surface area contributed by atoms with Crippen molar-refractivity contribution in [2.24, 2.45) is 5.84 Å². The van der Waals surface area contributed by atoms with Gasteiger partial charge in [0.15, 0.2) is 0 Å². The molecular weight excluding hydrogens is 150 g/mol. The molecule has 1 atom stereocenters. The first-order chi connectivity index (χ1) is 5.11. The lowest BCUT2D eigenvalue weighted by Gasteiger charge is -2.09. The molecular formula is C5H11N3O3. The minimum Gasteiger partial charge on any atom is -0.453 e. The van der Waals surface area contributed by atoms with Gasteiger partial charge in [-0.15, -0.1) is 0 Å². The van der Waals surface area contributed by atoms with E-state index >= 15 is 0 Å². The van der Waals surface area contributed by atoms with E-state index in [9.17, 15) is 9.59 Å². The average molecular weight is 161 g/mol. The second-order valence-electron chi connectivity index (χ2n) is 1.87. The molecule has 0 unspecified atom stereocenters. The van der Waals surface area contributed by atoms with Gasteiger partial charge in [-0.2, -0.15) is 0 Å². The molecule has 64 valence electrons. The molecule has 2 amide bonds. The van der Waals surface area contributed by atoms with Gasteiger partial charge >= 0.3 is 6.09 Å². The smallest absolute Gasteiger partial charge is 0.407 e. The molecule has 0 bridgehead atoms. The number of nitrogens with one attached hydrogen (secondary N) is 2. The van der Waals surface area contributed by atoms with Crippen LogP contribution in [-0.2, 0) is 9.53 Å². The van der Waals surface area contributed by atoms with Crippen molar-refractivity contribution in [2.75, 3.05) is 7.11 Å². The van der Waals surface area contributed by atoms with E-state index < -0.39 is 18.0 Å². The van der Waals surface area contributed by atoms with Crippen LogP contribution in [0, 0.1) is 0 Å². The van der Waals surface area contributed by atoms with Crippen LogP contribution in [0.25, 0.3) is 0 Å². The van der Waals surface area contributed by atoms with Gasteiger partial charge in [0, 0.05) is 0 Å². The van der Waals surface area contributed by atoms with Crippen LogP contribution in [-0.4, -0.2) is 25.2 Å². The molecule has 0 aliphatic rings. The fourth-order valence-corrected chi connectivity index (χ4v) is 0.426. The third kappa shape index (κ3) is 3.41. The first-order valence-electron chi connectivity index (χ1n) is 2.96. The summed E-state index contributed by atoms with van der Waals surface area (Å²) in [5.41, 5.74) is 1.88. The van der Waals surface area contributed by atoms with Crippen molar-refractivity contribution in [3.05, 3.63) is 0 Å². The van der Waals surface area contributed by atoms with Crippen LogP contribution >= 0.6 is 0 Å². The number of hydrogen-bond acceptors (Lipinski definition) is 4. The summed E-state index contributed by atoms with van der Waals surface area (Å²) in [6.07, 6.45) is -0.666. The summed E-state index contributed by atoms with van der Waals surface area (Å²) >= 11 is 0. The lowest BCUT2D eigenvalue weighted by atomic mass is 10.3. The molecule has 0 aromatic carbocycles. The van der Waals surface area contributed by atoms with Crippen LogP contribution in [0.4, 0.5) is 4.79 Å². The minimum absolute atomic E-state index is 0.476. The van der Waals surface area contributed by atoms with Gasteiger partial charge in [-0.25, -0.2) is 10.6 Å². The van der Waals surface area contributed by atoms with Crippen LogP contribution in [0.15, 0.2) is 0 Å². The Bertz CT molecular complexity index is 159. The summed E-state index contributed by atoms with van der Waals surface area (Å²) < 4.78 is 4.24. The lowest BCUT2D eigenvalue weighted by molar-refractivity contribution is -0.122. The number of hydrazine groups is 1. The molecule has 0 rings (SSSR count). The first-order valence-corrected chi connectivity index (χ1v) is 2.96. The molecule has 0 saturated carbocycles. The number of carbonyl (C=O) groups is 2. The summed E-state index contributed by atoms with van der Waals surface area (Å²) in [5.74, 6) is 4.32. The van der Waals surface area contributed by atoms with Crippen LogP contribution in [0.5, 0.6) is 0 Å². The first kappa shape index (κ1) is 9.70. The van der Waals surface area contributed by atoms with Crippen LogP contribution in [0.3, 0.4) is 0 Å². The highest BCUT2D eigenvalue weighted by molar-refractivity contribution is 5.84. The normalized spacial score (nSPS) is 11.5. The Balaban J connectivity index is 3.77. The largest absolute Gasteiger partial charge is 0.453 e. The highest BCUT2D eigenvalue weighted by Crippen LogP contribution is 1.81. The SMILES string of the molecule is COC(=O)N[C@@H](C)C(=O)NN. The summed E-state index contributed by atoms with van der Waals surface area (Å²) in [4.78, 5) is 21.1. The molecule has 0 spiro atoms. The second-order valence-corrected chi connectivity index (χ2v) is 1.87. The Morgan fingerprint density at radius 1 is 1.55 bits per heavy atom. The van der Waals surface area contributed by atoms with Crippen LogP contribution in [0.2, 0.25) is 0 Å². The van der Waals surface area contributed by atoms with Crippen molar-refractivity contribution in [2.45, 2.75) is 13.0 Å². The average Bonchev–Trinajstić information content (AvgIpc) is 2.02. The Hall–Kier alpha value is -1.30. The van der Waals surface area contributed by atoms with Crippen LogP contribution < -0.4 is 16.6 Å². The molecule has 0 radical (unpaired) electrons. The van der Waals surface area contributed by atoms with Crippen molar-refractivity contribution >= 4 is 12.0 Å². The number of nitrogens with two attached hydrogens (primary N) is 1. The summed E-state index contributed by atoms with van der Waals surface area (Å²) in [6, 6.07) is -0.688. The zero-order valence-corrected chi connectivity index (χ0v) is 6.38. The fourth-order valence-electron chi connectivity index (χ4n) is 0.426. The fraction of sp³-hybridized carbons (Fsp3) is 0.600.